The van der Waals surface area contributed by atoms with E-state index in [4.69, 9.17) is 37.9 Å². The number of likely N-dealkylation sites (N-methyl/N-ethyl adjacent to an activating group) is 1. The van der Waals surface area contributed by atoms with Crippen molar-refractivity contribution in [2.24, 2.45) is 23.7 Å². The minimum Gasteiger partial charge on any atom is -0.459 e. The molecule has 0 radical (unpaired) electrons. The molecule has 316 valence electrons. The summed E-state index contributed by atoms with van der Waals surface area (Å²) in [6.45, 7) is 21.6. The van der Waals surface area contributed by atoms with Crippen LogP contribution in [-0.4, -0.2) is 149 Å². The van der Waals surface area contributed by atoms with Gasteiger partial charge < -0.3 is 63.2 Å². The van der Waals surface area contributed by atoms with Crippen molar-refractivity contribution in [2.75, 3.05) is 21.2 Å². The Morgan fingerprint density at radius 2 is 1.52 bits per heavy atom. The number of fused-ring (bicyclic) bond motifs is 2. The van der Waals surface area contributed by atoms with Crippen LogP contribution in [0.2, 0.25) is 0 Å². The molecule has 4 heterocycles. The monoisotopic (exact) mass is 776 g/mol. The molecule has 4 fully saturated rings. The zero-order valence-corrected chi connectivity index (χ0v) is 35.5. The highest BCUT2D eigenvalue weighted by Gasteiger charge is 2.57. The Balaban J connectivity index is 1.86. The van der Waals surface area contributed by atoms with Crippen LogP contribution in [0.5, 0.6) is 0 Å². The number of carbonyl (C=O) groups is 1. The van der Waals surface area contributed by atoms with Crippen LogP contribution in [0.3, 0.4) is 0 Å². The second-order valence-electron chi connectivity index (χ2n) is 18.3. The van der Waals surface area contributed by atoms with Crippen LogP contribution in [-0.2, 0) is 42.7 Å². The zero-order valence-electron chi connectivity index (χ0n) is 35.5. The van der Waals surface area contributed by atoms with Gasteiger partial charge in [0.2, 0.25) is 0 Å². The van der Waals surface area contributed by atoms with E-state index < -0.39 is 102 Å². The van der Waals surface area contributed by atoms with E-state index in [0.717, 1.165) is 0 Å². The minimum absolute atomic E-state index is 0.142. The lowest BCUT2D eigenvalue weighted by atomic mass is 9.72. The quantitative estimate of drug-likeness (QED) is 0.277. The van der Waals surface area contributed by atoms with Gasteiger partial charge >= 0.3 is 5.97 Å². The average Bonchev–Trinajstić information content (AvgIpc) is 3.07. The van der Waals surface area contributed by atoms with E-state index >= 15 is 0 Å². The van der Waals surface area contributed by atoms with Crippen LogP contribution in [0.15, 0.2) is 0 Å². The first-order chi connectivity index (χ1) is 24.8. The van der Waals surface area contributed by atoms with Crippen molar-refractivity contribution in [1.29, 1.82) is 0 Å². The first-order valence-electron chi connectivity index (χ1n) is 20.0. The number of aliphatic hydroxyl groups excluding tert-OH is 2. The van der Waals surface area contributed by atoms with Gasteiger partial charge in [0.15, 0.2) is 18.4 Å². The first-order valence-corrected chi connectivity index (χ1v) is 20.0. The topological polar surface area (TPSA) is 175 Å². The average molecular weight is 776 g/mol. The predicted molar refractivity (Wildman–Crippen MR) is 199 cm³/mol. The maximum Gasteiger partial charge on any atom is 0.311 e. The molecule has 19 atom stereocenters. The van der Waals surface area contributed by atoms with Crippen LogP contribution < -0.4 is 0 Å². The van der Waals surface area contributed by atoms with Gasteiger partial charge in [-0.15, -0.1) is 0 Å². The zero-order chi connectivity index (χ0) is 40.9. The van der Waals surface area contributed by atoms with Gasteiger partial charge in [-0.2, -0.15) is 0 Å². The molecule has 4 aliphatic rings. The summed E-state index contributed by atoms with van der Waals surface area (Å²) in [5.74, 6) is -4.13. The molecule has 0 aromatic heterocycles. The Kier molecular flexibility index (Phi) is 14.4. The highest BCUT2D eigenvalue weighted by atomic mass is 16.7. The van der Waals surface area contributed by atoms with Crippen molar-refractivity contribution in [1.82, 2.24) is 4.90 Å². The number of carbonyl (C=O) groups excluding carboxylic acids is 1. The summed E-state index contributed by atoms with van der Waals surface area (Å²) in [5.41, 5.74) is -4.24. The fourth-order valence-corrected chi connectivity index (χ4v) is 9.67. The number of rotatable bonds is 7. The maximum absolute atomic E-state index is 14.4. The van der Waals surface area contributed by atoms with E-state index in [2.05, 4.69) is 0 Å². The number of methoxy groups -OCH3 is 1. The van der Waals surface area contributed by atoms with Crippen molar-refractivity contribution in [3.63, 3.8) is 0 Å². The SMILES string of the molecule is CC[C@H]1OC(=O)[C@H](C)[C@@H](OC2C[C@@](C)(OC)[C@@H](O)[C@H](C)O2)[C@H](C)[C@@H](OC2O[C@H](C)C[C@H](N(C)C)[C@H]2O)[C@@](C)(O)C[C@@H](C)[C@@H]2OC(C)(C)O[C@H]([C@H]2C)[C@]1(C)O. The Bertz CT molecular complexity index is 1250. The molecule has 2 bridgehead atoms. The van der Waals surface area contributed by atoms with Crippen LogP contribution in [0.25, 0.3) is 0 Å². The molecule has 0 aromatic carbocycles. The Morgan fingerprint density at radius 1 is 0.889 bits per heavy atom. The third-order valence-corrected chi connectivity index (χ3v) is 12.8. The third kappa shape index (κ3) is 9.47. The Morgan fingerprint density at radius 3 is 2.09 bits per heavy atom. The third-order valence-electron chi connectivity index (χ3n) is 12.8. The summed E-state index contributed by atoms with van der Waals surface area (Å²) in [6, 6.07) is -0.276. The van der Waals surface area contributed by atoms with Crippen LogP contribution >= 0.6 is 0 Å². The maximum atomic E-state index is 14.4. The number of nitrogens with zero attached hydrogens (tertiary/aromatic N) is 1. The summed E-state index contributed by atoms with van der Waals surface area (Å²) in [5, 5.41) is 47.6. The molecule has 0 amide bonds. The second kappa shape index (κ2) is 17.1. The van der Waals surface area contributed by atoms with Gasteiger partial charge in [-0.05, 0) is 94.7 Å². The normalized spacial score (nSPS) is 51.0. The molecule has 4 saturated heterocycles. The molecule has 4 N–H and O–H groups in total. The first kappa shape index (κ1) is 45.7. The van der Waals surface area contributed by atoms with E-state index in [0.29, 0.717) is 12.8 Å². The lowest BCUT2D eigenvalue weighted by Crippen LogP contribution is -2.65. The van der Waals surface area contributed by atoms with Gasteiger partial charge in [0.1, 0.15) is 23.9 Å². The smallest absolute Gasteiger partial charge is 0.311 e. The highest BCUT2D eigenvalue weighted by Crippen LogP contribution is 2.45. The summed E-state index contributed by atoms with van der Waals surface area (Å²) in [7, 11) is 5.30. The van der Waals surface area contributed by atoms with Gasteiger partial charge in [-0.25, -0.2) is 0 Å². The molecule has 0 saturated carbocycles. The number of cyclic esters (lactones) is 1. The van der Waals surface area contributed by atoms with Crippen molar-refractivity contribution in [3.05, 3.63) is 0 Å². The van der Waals surface area contributed by atoms with Gasteiger partial charge in [0.05, 0.1) is 53.7 Å². The molecule has 0 aliphatic carbocycles. The fourth-order valence-electron chi connectivity index (χ4n) is 9.67. The molecular weight excluding hydrogens is 702 g/mol. The minimum atomic E-state index is -1.62. The highest BCUT2D eigenvalue weighted by molar-refractivity contribution is 5.73. The van der Waals surface area contributed by atoms with Crippen molar-refractivity contribution < 1.29 is 63.1 Å². The molecule has 14 heteroatoms. The van der Waals surface area contributed by atoms with Crippen molar-refractivity contribution >= 4 is 5.97 Å². The van der Waals surface area contributed by atoms with Gasteiger partial charge in [-0.1, -0.05) is 27.7 Å². The molecule has 14 nitrogen and oxygen atoms in total. The van der Waals surface area contributed by atoms with Gasteiger partial charge in [-0.3, -0.25) is 4.79 Å². The second-order valence-corrected chi connectivity index (χ2v) is 18.3. The molecule has 4 aliphatic heterocycles. The van der Waals surface area contributed by atoms with Gasteiger partial charge in [0.25, 0.3) is 0 Å². The van der Waals surface area contributed by atoms with E-state index in [1.54, 1.807) is 48.5 Å². The lowest BCUT2D eigenvalue weighted by molar-refractivity contribution is -0.360. The van der Waals surface area contributed by atoms with E-state index in [1.165, 1.54) is 7.11 Å². The Labute approximate surface area is 323 Å². The molecule has 2 unspecified atom stereocenters. The summed E-state index contributed by atoms with van der Waals surface area (Å²) >= 11 is 0. The van der Waals surface area contributed by atoms with Crippen LogP contribution in [0, 0.1) is 23.7 Å². The lowest BCUT2D eigenvalue weighted by Gasteiger charge is -2.53. The largest absolute Gasteiger partial charge is 0.459 e. The van der Waals surface area contributed by atoms with Crippen LogP contribution in [0.1, 0.15) is 109 Å². The van der Waals surface area contributed by atoms with Crippen molar-refractivity contribution in [3.8, 4) is 0 Å². The fraction of sp³-hybridized carbons (Fsp3) is 0.975. The summed E-state index contributed by atoms with van der Waals surface area (Å²) in [4.78, 5) is 16.3. The number of esters is 1. The number of aliphatic hydroxyl groups is 4. The number of ether oxygens (including phenoxy) is 8. The molecule has 54 heavy (non-hydrogen) atoms. The number of hydrogen-bond acceptors (Lipinski definition) is 14. The predicted octanol–water partition coefficient (Wildman–Crippen LogP) is 3.38. The van der Waals surface area contributed by atoms with E-state index in [-0.39, 0.29) is 36.8 Å². The Hall–Kier alpha value is -1.01. The van der Waals surface area contributed by atoms with E-state index in [9.17, 15) is 25.2 Å². The van der Waals surface area contributed by atoms with Crippen LogP contribution in [0.4, 0.5) is 0 Å². The molecule has 0 spiro atoms. The summed E-state index contributed by atoms with van der Waals surface area (Å²) < 4.78 is 50.9. The van der Waals surface area contributed by atoms with Gasteiger partial charge in [0, 0.05) is 31.4 Å². The number of hydrogen-bond donors (Lipinski definition) is 4. The molecular formula is C40H73NO13. The molecule has 0 aromatic rings. The van der Waals surface area contributed by atoms with E-state index in [1.807, 2.05) is 53.6 Å². The standard InChI is InChI=1S/C40H73NO13/c1-16-27-40(12,46)34-22(4)30(53-37(8,9)54-34)20(2)18-38(10,45)33(52-36-29(42)26(41(13)14)17-21(3)48-36)23(5)31(24(6)35(44)50-27)51-28-19-39(11,47-15)32(43)25(7)49-28/h20-34,36,42-43,45-46H,16-19H2,1-15H3/t20-,21-,22+,23+,24-,25+,26+,27-,28?,29-,30+,31+,32+,33-,34-,36?,38+,39-,40-/m1/s1. The van der Waals surface area contributed by atoms with Crippen molar-refractivity contribution in [2.45, 2.75) is 205 Å². The molecule has 4 rings (SSSR count). The summed E-state index contributed by atoms with van der Waals surface area (Å²) in [6.07, 6.45) is -8.06.